The standard InChI is InChI=1S/C29H39NO4S/c1-17-10-11-24-27(2,3)13-19(35(33)18-8-6-5-7-9-18)14-29(24)28(17,4)15-21-23(31)12-20-22(25(21)34-29)16-30-26(20)32/h5-9,17,19-21,23-24,31H,10-16H2,1-4H3,(H,30,32). The quantitative estimate of drug-likeness (QED) is 0.627. The van der Waals surface area contributed by atoms with E-state index in [9.17, 15) is 14.1 Å². The molecule has 1 aromatic carbocycles. The fraction of sp³-hybridized carbons (Fsp3) is 0.690. The zero-order chi connectivity index (χ0) is 24.8. The van der Waals surface area contributed by atoms with Gasteiger partial charge < -0.3 is 15.2 Å². The van der Waals surface area contributed by atoms with E-state index in [4.69, 9.17) is 4.74 Å². The Hall–Kier alpha value is -1.66. The average Bonchev–Trinajstić information content (AvgIpc) is 3.19. The van der Waals surface area contributed by atoms with Crippen molar-refractivity contribution in [3.8, 4) is 0 Å². The smallest absolute Gasteiger partial charge is 0.227 e. The first-order chi connectivity index (χ1) is 16.6. The lowest BCUT2D eigenvalue weighted by Crippen LogP contribution is -2.69. The molecule has 1 aromatic rings. The zero-order valence-electron chi connectivity index (χ0n) is 21.4. The van der Waals surface area contributed by atoms with Crippen molar-refractivity contribution in [2.24, 2.45) is 34.5 Å². The molecule has 0 radical (unpaired) electrons. The van der Waals surface area contributed by atoms with Crippen LogP contribution in [0.5, 0.6) is 0 Å². The van der Waals surface area contributed by atoms with Gasteiger partial charge in [0, 0.05) is 40.4 Å². The first-order valence-corrected chi connectivity index (χ1v) is 14.6. The molecule has 6 heteroatoms. The maximum Gasteiger partial charge on any atom is 0.227 e. The van der Waals surface area contributed by atoms with E-state index in [1.165, 1.54) is 0 Å². The molecule has 4 fully saturated rings. The van der Waals surface area contributed by atoms with E-state index in [1.807, 2.05) is 30.3 Å². The van der Waals surface area contributed by atoms with E-state index >= 15 is 0 Å². The lowest BCUT2D eigenvalue weighted by molar-refractivity contribution is -0.264. The third kappa shape index (κ3) is 3.28. The molecule has 2 aliphatic heterocycles. The molecule has 3 aliphatic carbocycles. The predicted octanol–water partition coefficient (Wildman–Crippen LogP) is 4.58. The lowest BCUT2D eigenvalue weighted by Gasteiger charge is -2.69. The minimum Gasteiger partial charge on any atom is -0.490 e. The number of nitrogens with one attached hydrogen (secondary N) is 1. The molecule has 2 saturated carbocycles. The summed E-state index contributed by atoms with van der Waals surface area (Å²) in [7, 11) is -1.12. The summed E-state index contributed by atoms with van der Waals surface area (Å²) < 4.78 is 21.3. The molecule has 2 heterocycles. The number of aliphatic hydroxyl groups is 1. The second-order valence-electron chi connectivity index (χ2n) is 12.8. The number of aliphatic hydroxyl groups excluding tert-OH is 1. The molecule has 1 amide bonds. The van der Waals surface area contributed by atoms with Crippen LogP contribution in [0.3, 0.4) is 0 Å². The summed E-state index contributed by atoms with van der Waals surface area (Å²) in [6, 6.07) is 9.87. The summed E-state index contributed by atoms with van der Waals surface area (Å²) in [6.07, 6.45) is 4.72. The Bertz CT molecular complexity index is 1100. The van der Waals surface area contributed by atoms with Crippen molar-refractivity contribution in [1.82, 2.24) is 5.32 Å². The fourth-order valence-electron chi connectivity index (χ4n) is 8.76. The second-order valence-corrected chi connectivity index (χ2v) is 14.6. The van der Waals surface area contributed by atoms with Gasteiger partial charge in [-0.2, -0.15) is 0 Å². The van der Waals surface area contributed by atoms with Crippen LogP contribution in [0, 0.1) is 34.5 Å². The Morgan fingerprint density at radius 1 is 1.09 bits per heavy atom. The van der Waals surface area contributed by atoms with Gasteiger partial charge in [0.1, 0.15) is 11.4 Å². The van der Waals surface area contributed by atoms with Gasteiger partial charge >= 0.3 is 0 Å². The van der Waals surface area contributed by atoms with Gasteiger partial charge in [-0.05, 0) is 61.1 Å². The number of carbonyl (C=O) groups excluding carboxylic acids is 1. The van der Waals surface area contributed by atoms with Crippen molar-refractivity contribution < 1.29 is 18.8 Å². The Balaban J connectivity index is 1.48. The summed E-state index contributed by atoms with van der Waals surface area (Å²) in [4.78, 5) is 13.4. The van der Waals surface area contributed by atoms with Crippen LogP contribution in [0.2, 0.25) is 0 Å². The fourth-order valence-corrected chi connectivity index (χ4v) is 10.5. The van der Waals surface area contributed by atoms with Gasteiger partial charge in [-0.25, -0.2) is 0 Å². The summed E-state index contributed by atoms with van der Waals surface area (Å²) in [5, 5.41) is 14.2. The third-order valence-corrected chi connectivity index (χ3v) is 12.4. The highest BCUT2D eigenvalue weighted by atomic mass is 32.2. The largest absolute Gasteiger partial charge is 0.490 e. The Labute approximate surface area is 211 Å². The molecule has 2 N–H and O–H groups in total. The minimum absolute atomic E-state index is 0.00284. The van der Waals surface area contributed by atoms with Gasteiger partial charge in [-0.1, -0.05) is 45.9 Å². The molecule has 35 heavy (non-hydrogen) atoms. The molecule has 2 saturated heterocycles. The Morgan fingerprint density at radius 3 is 2.57 bits per heavy atom. The van der Waals surface area contributed by atoms with Crippen molar-refractivity contribution >= 4 is 16.7 Å². The molecule has 0 bridgehead atoms. The van der Waals surface area contributed by atoms with Crippen LogP contribution < -0.4 is 5.32 Å². The molecule has 5 aliphatic rings. The number of benzene rings is 1. The maximum absolute atomic E-state index is 13.9. The number of fused-ring (bicyclic) bond motifs is 2. The number of ether oxygens (including phenoxy) is 1. The molecular weight excluding hydrogens is 458 g/mol. The highest BCUT2D eigenvalue weighted by Gasteiger charge is 2.69. The Morgan fingerprint density at radius 2 is 1.83 bits per heavy atom. The normalized spacial score (nSPS) is 44.8. The summed E-state index contributed by atoms with van der Waals surface area (Å²) >= 11 is 0. The van der Waals surface area contributed by atoms with Crippen molar-refractivity contribution in [2.75, 3.05) is 6.54 Å². The molecule has 1 spiro atoms. The van der Waals surface area contributed by atoms with Gasteiger partial charge in [0.25, 0.3) is 0 Å². The number of carbonyl (C=O) groups is 1. The van der Waals surface area contributed by atoms with Crippen molar-refractivity contribution in [2.45, 2.75) is 88.1 Å². The average molecular weight is 498 g/mol. The first kappa shape index (κ1) is 23.7. The minimum atomic E-state index is -1.12. The third-order valence-electron chi connectivity index (χ3n) is 10.7. The van der Waals surface area contributed by atoms with Crippen molar-refractivity contribution in [3.05, 3.63) is 41.7 Å². The summed E-state index contributed by atoms with van der Waals surface area (Å²) in [5.41, 5.74) is 0.449. The maximum atomic E-state index is 13.9. The van der Waals surface area contributed by atoms with Crippen molar-refractivity contribution in [1.29, 1.82) is 0 Å². The van der Waals surface area contributed by atoms with Crippen LogP contribution in [0.1, 0.15) is 66.2 Å². The van der Waals surface area contributed by atoms with Crippen LogP contribution >= 0.6 is 0 Å². The predicted molar refractivity (Wildman–Crippen MR) is 136 cm³/mol. The topological polar surface area (TPSA) is 75.6 Å². The van der Waals surface area contributed by atoms with E-state index in [1.54, 1.807) is 0 Å². The van der Waals surface area contributed by atoms with Gasteiger partial charge in [-0.15, -0.1) is 0 Å². The van der Waals surface area contributed by atoms with E-state index in [-0.39, 0.29) is 33.8 Å². The van der Waals surface area contributed by atoms with Gasteiger partial charge in [0.2, 0.25) is 5.91 Å². The van der Waals surface area contributed by atoms with Crippen molar-refractivity contribution in [3.63, 3.8) is 0 Å². The summed E-state index contributed by atoms with van der Waals surface area (Å²) in [6.45, 7) is 9.94. The van der Waals surface area contributed by atoms with E-state index in [0.717, 1.165) is 48.3 Å². The van der Waals surface area contributed by atoms with Gasteiger partial charge in [-0.3, -0.25) is 9.00 Å². The van der Waals surface area contributed by atoms with Crippen LogP contribution in [-0.4, -0.2) is 38.7 Å². The highest BCUT2D eigenvalue weighted by molar-refractivity contribution is 7.85. The SMILES string of the molecule is CC1CCC2C(C)(C)CC(S(=O)c3ccccc3)CC23OC2=C4CNC(=O)C4CC(O)C2CC13C. The molecule has 0 aromatic heterocycles. The number of hydrogen-bond donors (Lipinski definition) is 2. The molecular formula is C29H39NO4S. The number of hydrogen-bond acceptors (Lipinski definition) is 4. The van der Waals surface area contributed by atoms with Gasteiger partial charge in [0.15, 0.2) is 0 Å². The molecule has 6 rings (SSSR count). The second kappa shape index (κ2) is 7.92. The van der Waals surface area contributed by atoms with Gasteiger partial charge in [0.05, 0.1) is 22.8 Å². The summed E-state index contributed by atoms with van der Waals surface area (Å²) in [5.74, 6) is 1.34. The zero-order valence-corrected chi connectivity index (χ0v) is 22.2. The molecule has 9 atom stereocenters. The van der Waals surface area contributed by atoms with Crippen LogP contribution in [0.4, 0.5) is 0 Å². The van der Waals surface area contributed by atoms with Crippen LogP contribution in [0.15, 0.2) is 46.6 Å². The first-order valence-electron chi connectivity index (χ1n) is 13.4. The van der Waals surface area contributed by atoms with Crippen LogP contribution in [0.25, 0.3) is 0 Å². The van der Waals surface area contributed by atoms with E-state index in [0.29, 0.717) is 24.8 Å². The monoisotopic (exact) mass is 497 g/mol. The van der Waals surface area contributed by atoms with E-state index in [2.05, 4.69) is 33.0 Å². The number of amides is 1. The molecule has 5 nitrogen and oxygen atoms in total. The highest BCUT2D eigenvalue weighted by Crippen LogP contribution is 2.69. The lowest BCUT2D eigenvalue weighted by atomic mass is 9.43. The van der Waals surface area contributed by atoms with Crippen LogP contribution in [-0.2, 0) is 20.3 Å². The molecule has 9 unspecified atom stereocenters. The molecule has 190 valence electrons. The number of rotatable bonds is 2. The van der Waals surface area contributed by atoms with E-state index < -0.39 is 22.5 Å². The Kier molecular flexibility index (Phi) is 5.37.